The number of halogens is 1. The molecule has 0 fully saturated rings. The standard InChI is InChI=1S/C22H28ClN5O3S/c1-26(2)15-14-24-22(29)28(32(30,31)27(3)4)16-20(17-8-6-5-7-9-17)21(25-28)18-10-12-19(23)13-11-18/h5-13,20H,14-16H2,1-4H3/p+1. The van der Waals surface area contributed by atoms with Crippen molar-refractivity contribution in [1.82, 2.24) is 14.5 Å². The first kappa shape index (κ1) is 24.3. The lowest BCUT2D eigenvalue weighted by Crippen LogP contribution is -2.60. The molecule has 32 heavy (non-hydrogen) atoms. The zero-order valence-electron chi connectivity index (χ0n) is 18.7. The van der Waals surface area contributed by atoms with E-state index >= 15 is 0 Å². The molecular formula is C22H29ClN5O3S+. The van der Waals surface area contributed by atoms with Crippen LogP contribution < -0.4 is 5.32 Å². The molecule has 0 saturated heterocycles. The van der Waals surface area contributed by atoms with Crippen LogP contribution in [0.3, 0.4) is 0 Å². The van der Waals surface area contributed by atoms with Crippen molar-refractivity contribution < 1.29 is 17.2 Å². The van der Waals surface area contributed by atoms with Gasteiger partial charge in [0.25, 0.3) is 0 Å². The Kier molecular flexibility index (Phi) is 7.36. The monoisotopic (exact) mass is 478 g/mol. The van der Waals surface area contributed by atoms with Crippen molar-refractivity contribution in [3.8, 4) is 0 Å². The number of hydrogen-bond donors (Lipinski definition) is 1. The molecule has 0 bridgehead atoms. The van der Waals surface area contributed by atoms with Crippen molar-refractivity contribution in [2.45, 2.75) is 5.92 Å². The summed E-state index contributed by atoms with van der Waals surface area (Å²) in [5.74, 6) is -0.397. The molecule has 1 heterocycles. The number of nitrogens with zero attached hydrogens (tertiary/aromatic N) is 4. The zero-order chi connectivity index (χ0) is 23.5. The molecule has 172 valence electrons. The number of urea groups is 1. The van der Waals surface area contributed by atoms with Crippen molar-refractivity contribution in [2.24, 2.45) is 5.10 Å². The third kappa shape index (κ3) is 4.72. The molecule has 1 N–H and O–H groups in total. The first-order valence-corrected chi connectivity index (χ1v) is 12.0. The second-order valence-corrected chi connectivity index (χ2v) is 10.8. The normalized spacial score (nSPS) is 21.1. The van der Waals surface area contributed by atoms with Gasteiger partial charge in [-0.15, -0.1) is 0 Å². The summed E-state index contributed by atoms with van der Waals surface area (Å²) in [6, 6.07) is 15.9. The van der Waals surface area contributed by atoms with E-state index in [0.717, 1.165) is 15.4 Å². The number of carbonyl (C=O) groups is 1. The maximum Gasteiger partial charge on any atom is 0.460 e. The summed E-state index contributed by atoms with van der Waals surface area (Å²) < 4.78 is 27.0. The van der Waals surface area contributed by atoms with Crippen LogP contribution in [-0.2, 0) is 10.2 Å². The second kappa shape index (κ2) is 9.68. The number of carbonyl (C=O) groups excluding carboxylic acids is 1. The summed E-state index contributed by atoms with van der Waals surface area (Å²) in [6.07, 6.45) is 0. The fraction of sp³-hybridized carbons (Fsp3) is 0.364. The average Bonchev–Trinajstić information content (AvgIpc) is 3.17. The van der Waals surface area contributed by atoms with Gasteiger partial charge in [0, 0.05) is 41.8 Å². The van der Waals surface area contributed by atoms with Crippen LogP contribution in [0.5, 0.6) is 0 Å². The molecule has 0 spiro atoms. The van der Waals surface area contributed by atoms with Crippen LogP contribution in [0.2, 0.25) is 5.02 Å². The van der Waals surface area contributed by atoms with Crippen molar-refractivity contribution in [3.05, 3.63) is 70.7 Å². The van der Waals surface area contributed by atoms with E-state index in [2.05, 4.69) is 10.4 Å². The first-order chi connectivity index (χ1) is 15.1. The van der Waals surface area contributed by atoms with Crippen molar-refractivity contribution in [3.63, 3.8) is 0 Å². The van der Waals surface area contributed by atoms with E-state index < -0.39 is 26.2 Å². The molecule has 2 aromatic carbocycles. The maximum absolute atomic E-state index is 13.5. The molecule has 0 aliphatic carbocycles. The van der Waals surface area contributed by atoms with Crippen molar-refractivity contribution >= 4 is 33.6 Å². The third-order valence-corrected chi connectivity index (χ3v) is 7.70. The predicted molar refractivity (Wildman–Crippen MR) is 127 cm³/mol. The van der Waals surface area contributed by atoms with Gasteiger partial charge in [-0.2, -0.15) is 12.7 Å². The zero-order valence-corrected chi connectivity index (χ0v) is 20.3. The molecule has 0 saturated carbocycles. The van der Waals surface area contributed by atoms with E-state index in [-0.39, 0.29) is 6.54 Å². The van der Waals surface area contributed by atoms with Gasteiger partial charge in [0.2, 0.25) is 0 Å². The minimum absolute atomic E-state index is 0.0454. The molecule has 1 aliphatic rings. The molecule has 0 radical (unpaired) electrons. The Morgan fingerprint density at radius 2 is 1.72 bits per heavy atom. The predicted octanol–water partition coefficient (Wildman–Crippen LogP) is 2.74. The van der Waals surface area contributed by atoms with Gasteiger partial charge in [-0.25, -0.2) is 4.79 Å². The number of quaternary nitrogens is 1. The van der Waals surface area contributed by atoms with Gasteiger partial charge in [0.05, 0.1) is 5.92 Å². The van der Waals surface area contributed by atoms with Crippen LogP contribution >= 0.6 is 11.6 Å². The number of benzene rings is 2. The quantitative estimate of drug-likeness (QED) is 0.620. The molecule has 2 atom stereocenters. The summed E-state index contributed by atoms with van der Waals surface area (Å²) in [5.41, 5.74) is 2.13. The summed E-state index contributed by atoms with van der Waals surface area (Å²) >= 11 is 6.06. The third-order valence-electron chi connectivity index (χ3n) is 5.37. The molecule has 2 aromatic rings. The number of nitrogens with one attached hydrogen (secondary N) is 1. The highest BCUT2D eigenvalue weighted by Gasteiger charge is 2.59. The fourth-order valence-corrected chi connectivity index (χ4v) is 5.07. The van der Waals surface area contributed by atoms with Crippen LogP contribution in [-0.4, -0.2) is 81.2 Å². The van der Waals surface area contributed by atoms with Gasteiger partial charge in [0.15, 0.2) is 0 Å². The molecule has 1 aliphatic heterocycles. The lowest BCUT2D eigenvalue weighted by molar-refractivity contribution is -0.725. The number of likely N-dealkylation sites (N-methyl/N-ethyl adjacent to an activating group) is 1. The Hall–Kier alpha value is -2.30. The van der Waals surface area contributed by atoms with Gasteiger partial charge < -0.3 is 10.2 Å². The van der Waals surface area contributed by atoms with E-state index in [1.54, 1.807) is 24.3 Å². The Bertz CT molecular complexity index is 1090. The number of rotatable bonds is 7. The van der Waals surface area contributed by atoms with E-state index in [1.807, 2.05) is 49.3 Å². The Labute approximate surface area is 194 Å². The maximum atomic E-state index is 13.5. The van der Waals surface area contributed by atoms with E-state index in [4.69, 9.17) is 11.6 Å². The number of hydrogen-bond acceptors (Lipinski definition) is 5. The minimum Gasteiger partial charge on any atom is -0.308 e. The highest BCUT2D eigenvalue weighted by Crippen LogP contribution is 2.37. The molecule has 3 rings (SSSR count). The van der Waals surface area contributed by atoms with Crippen LogP contribution in [0.15, 0.2) is 59.7 Å². The Morgan fingerprint density at radius 1 is 1.09 bits per heavy atom. The van der Waals surface area contributed by atoms with E-state index in [0.29, 0.717) is 23.8 Å². The molecule has 0 aromatic heterocycles. The smallest absolute Gasteiger partial charge is 0.308 e. The summed E-state index contributed by atoms with van der Waals surface area (Å²) in [5, 5.41) is 7.95. The molecule has 10 heteroatoms. The first-order valence-electron chi connectivity index (χ1n) is 10.2. The van der Waals surface area contributed by atoms with Gasteiger partial charge in [0.1, 0.15) is 12.3 Å². The average molecular weight is 479 g/mol. The molecular weight excluding hydrogens is 450 g/mol. The molecule has 8 nitrogen and oxygen atoms in total. The highest BCUT2D eigenvalue weighted by atomic mass is 35.5. The van der Waals surface area contributed by atoms with Crippen LogP contribution in [0.25, 0.3) is 0 Å². The molecule has 2 unspecified atom stereocenters. The van der Waals surface area contributed by atoms with E-state index in [1.165, 1.54) is 14.1 Å². The topological polar surface area (TPSA) is 82.1 Å². The van der Waals surface area contributed by atoms with Gasteiger partial charge in [-0.3, -0.25) is 0 Å². The van der Waals surface area contributed by atoms with Crippen molar-refractivity contribution in [2.75, 3.05) is 47.8 Å². The Morgan fingerprint density at radius 3 is 2.28 bits per heavy atom. The van der Waals surface area contributed by atoms with Gasteiger partial charge >= 0.3 is 16.2 Å². The molecule has 2 amide bonds. The second-order valence-electron chi connectivity index (χ2n) is 8.13. The minimum atomic E-state index is -4.15. The highest BCUT2D eigenvalue weighted by molar-refractivity contribution is 7.83. The summed E-state index contributed by atoms with van der Waals surface area (Å²) in [6.45, 7) is 0.830. The van der Waals surface area contributed by atoms with Crippen LogP contribution in [0.1, 0.15) is 17.0 Å². The number of amides is 2. The van der Waals surface area contributed by atoms with Crippen LogP contribution in [0.4, 0.5) is 4.79 Å². The van der Waals surface area contributed by atoms with Gasteiger partial charge in [-0.05, 0) is 31.8 Å². The Balaban J connectivity index is 2.15. The van der Waals surface area contributed by atoms with Crippen LogP contribution in [0, 0.1) is 0 Å². The van der Waals surface area contributed by atoms with Gasteiger partial charge in [-0.1, -0.05) is 59.2 Å². The summed E-state index contributed by atoms with van der Waals surface area (Å²) in [7, 11) is 2.44. The lowest BCUT2D eigenvalue weighted by atomic mass is 9.91. The summed E-state index contributed by atoms with van der Waals surface area (Å²) in [4.78, 5) is 15.3. The largest absolute Gasteiger partial charge is 0.460 e. The lowest BCUT2D eigenvalue weighted by Gasteiger charge is -2.28. The SMILES string of the molecule is CN(C)CCNC(=O)[N+]1(S(=O)(=O)N(C)C)CC(c2ccccc2)C(c2ccc(Cl)cc2)=N1. The van der Waals surface area contributed by atoms with E-state index in [9.17, 15) is 13.2 Å². The fourth-order valence-electron chi connectivity index (χ4n) is 3.61. The van der Waals surface area contributed by atoms with Crippen molar-refractivity contribution in [1.29, 1.82) is 0 Å².